The summed E-state index contributed by atoms with van der Waals surface area (Å²) in [5.41, 5.74) is 4.16. The number of halogens is 1. The third kappa shape index (κ3) is 4.13. The Morgan fingerprint density at radius 2 is 1.76 bits per heavy atom. The highest BCUT2D eigenvalue weighted by Gasteiger charge is 2.23. The number of nitrogens with one attached hydrogen (secondary N) is 1. The number of anilines is 1. The van der Waals surface area contributed by atoms with Crippen molar-refractivity contribution in [3.8, 4) is 0 Å². The molecule has 5 heteroatoms. The summed E-state index contributed by atoms with van der Waals surface area (Å²) in [6, 6.07) is 21.1. The van der Waals surface area contributed by atoms with Crippen molar-refractivity contribution in [1.82, 2.24) is 9.97 Å². The standard InChI is InChI=1S/C24H20ClN3O/c1-16-22(15-21(25)19-11-7-13-27-23(16)19)28-24(29)20(17-8-3-2-4-9-17)14-18-10-5-6-12-26-18/h2-13,15,20H,14H2,1H3,(H,28,29). The normalized spacial score (nSPS) is 11.9. The Bertz CT molecular complexity index is 1150. The molecule has 0 spiro atoms. The predicted molar refractivity (Wildman–Crippen MR) is 117 cm³/mol. The van der Waals surface area contributed by atoms with Crippen molar-refractivity contribution < 1.29 is 4.79 Å². The number of benzene rings is 2. The molecule has 0 radical (unpaired) electrons. The van der Waals surface area contributed by atoms with Gasteiger partial charge in [-0.25, -0.2) is 0 Å². The van der Waals surface area contributed by atoms with Gasteiger partial charge in [0.15, 0.2) is 0 Å². The molecule has 2 aromatic carbocycles. The molecule has 2 heterocycles. The van der Waals surface area contributed by atoms with Crippen molar-refractivity contribution in [3.63, 3.8) is 0 Å². The van der Waals surface area contributed by atoms with Crippen LogP contribution in [-0.4, -0.2) is 15.9 Å². The van der Waals surface area contributed by atoms with E-state index in [0.29, 0.717) is 17.1 Å². The zero-order valence-electron chi connectivity index (χ0n) is 16.0. The molecule has 4 nitrogen and oxygen atoms in total. The first-order valence-corrected chi connectivity index (χ1v) is 9.81. The van der Waals surface area contributed by atoms with Gasteiger partial charge < -0.3 is 5.32 Å². The fourth-order valence-electron chi connectivity index (χ4n) is 3.46. The third-order valence-corrected chi connectivity index (χ3v) is 5.32. The average molecular weight is 402 g/mol. The summed E-state index contributed by atoms with van der Waals surface area (Å²) >= 11 is 6.44. The van der Waals surface area contributed by atoms with Gasteiger partial charge in [0.2, 0.25) is 5.91 Å². The number of amides is 1. The van der Waals surface area contributed by atoms with Crippen molar-refractivity contribution in [2.75, 3.05) is 5.32 Å². The van der Waals surface area contributed by atoms with E-state index in [1.165, 1.54) is 0 Å². The molecule has 0 aliphatic carbocycles. The molecule has 1 amide bonds. The van der Waals surface area contributed by atoms with Crippen LogP contribution in [0, 0.1) is 6.92 Å². The lowest BCUT2D eigenvalue weighted by atomic mass is 9.92. The topological polar surface area (TPSA) is 54.9 Å². The minimum Gasteiger partial charge on any atom is -0.325 e. The molecule has 4 aromatic rings. The Kier molecular flexibility index (Phi) is 5.54. The molecule has 29 heavy (non-hydrogen) atoms. The lowest BCUT2D eigenvalue weighted by molar-refractivity contribution is -0.117. The molecule has 1 atom stereocenters. The first-order chi connectivity index (χ1) is 14.1. The van der Waals surface area contributed by atoms with E-state index in [9.17, 15) is 4.79 Å². The van der Waals surface area contributed by atoms with E-state index in [1.807, 2.05) is 67.6 Å². The zero-order chi connectivity index (χ0) is 20.2. The summed E-state index contributed by atoms with van der Waals surface area (Å²) in [6.45, 7) is 1.94. The van der Waals surface area contributed by atoms with Gasteiger partial charge in [0, 0.05) is 35.6 Å². The van der Waals surface area contributed by atoms with Crippen LogP contribution in [0.4, 0.5) is 5.69 Å². The van der Waals surface area contributed by atoms with Gasteiger partial charge in [-0.1, -0.05) is 48.0 Å². The SMILES string of the molecule is Cc1c(NC(=O)C(Cc2ccccn2)c2ccccc2)cc(Cl)c2cccnc12. The quantitative estimate of drug-likeness (QED) is 0.476. The minimum atomic E-state index is -0.372. The maximum absolute atomic E-state index is 13.3. The Balaban J connectivity index is 1.68. The molecule has 0 saturated carbocycles. The van der Waals surface area contributed by atoms with E-state index in [0.717, 1.165) is 27.7 Å². The number of fused-ring (bicyclic) bond motifs is 1. The van der Waals surface area contributed by atoms with Gasteiger partial charge >= 0.3 is 0 Å². The largest absolute Gasteiger partial charge is 0.325 e. The first-order valence-electron chi connectivity index (χ1n) is 9.43. The second-order valence-corrected chi connectivity index (χ2v) is 7.32. The van der Waals surface area contributed by atoms with E-state index < -0.39 is 0 Å². The number of aryl methyl sites for hydroxylation is 1. The summed E-state index contributed by atoms with van der Waals surface area (Å²) in [5.74, 6) is -0.472. The van der Waals surface area contributed by atoms with Crippen molar-refractivity contribution in [2.24, 2.45) is 0 Å². The van der Waals surface area contributed by atoms with Crippen LogP contribution in [0.25, 0.3) is 10.9 Å². The Labute approximate surface area is 174 Å². The highest BCUT2D eigenvalue weighted by Crippen LogP contribution is 2.32. The highest BCUT2D eigenvalue weighted by molar-refractivity contribution is 6.36. The molecule has 2 aromatic heterocycles. The molecule has 0 aliphatic heterocycles. The van der Waals surface area contributed by atoms with Crippen LogP contribution in [0.2, 0.25) is 5.02 Å². The number of hydrogen-bond donors (Lipinski definition) is 1. The second kappa shape index (κ2) is 8.41. The number of rotatable bonds is 5. The number of carbonyl (C=O) groups is 1. The highest BCUT2D eigenvalue weighted by atomic mass is 35.5. The Morgan fingerprint density at radius 3 is 2.52 bits per heavy atom. The van der Waals surface area contributed by atoms with Gasteiger partial charge in [-0.2, -0.15) is 0 Å². The van der Waals surface area contributed by atoms with E-state index in [4.69, 9.17) is 11.6 Å². The monoisotopic (exact) mass is 401 g/mol. The fraction of sp³-hybridized carbons (Fsp3) is 0.125. The van der Waals surface area contributed by atoms with Crippen LogP contribution in [0.1, 0.15) is 22.7 Å². The molecule has 144 valence electrons. The lowest BCUT2D eigenvalue weighted by Gasteiger charge is -2.19. The number of aromatic nitrogens is 2. The lowest BCUT2D eigenvalue weighted by Crippen LogP contribution is -2.24. The number of carbonyl (C=O) groups excluding carboxylic acids is 1. The Morgan fingerprint density at radius 1 is 1.00 bits per heavy atom. The van der Waals surface area contributed by atoms with Gasteiger partial charge in [-0.15, -0.1) is 0 Å². The number of pyridine rings is 2. The van der Waals surface area contributed by atoms with Crippen LogP contribution in [-0.2, 0) is 11.2 Å². The van der Waals surface area contributed by atoms with Crippen molar-refractivity contribution in [2.45, 2.75) is 19.3 Å². The van der Waals surface area contributed by atoms with E-state index in [-0.39, 0.29) is 11.8 Å². The van der Waals surface area contributed by atoms with Gasteiger partial charge in [0.1, 0.15) is 0 Å². The zero-order valence-corrected chi connectivity index (χ0v) is 16.7. The molecule has 1 unspecified atom stereocenters. The molecule has 4 rings (SSSR count). The predicted octanol–water partition coefficient (Wildman–Crippen LogP) is 5.56. The smallest absolute Gasteiger partial charge is 0.232 e. The van der Waals surface area contributed by atoms with Crippen molar-refractivity contribution in [3.05, 3.63) is 101 Å². The summed E-state index contributed by atoms with van der Waals surface area (Å²) in [4.78, 5) is 22.1. The second-order valence-electron chi connectivity index (χ2n) is 6.91. The fourth-order valence-corrected chi connectivity index (χ4v) is 3.72. The van der Waals surface area contributed by atoms with Gasteiger partial charge in [-0.05, 0) is 48.4 Å². The molecule has 0 aliphatic rings. The Hall–Kier alpha value is -3.24. The van der Waals surface area contributed by atoms with Crippen LogP contribution in [0.15, 0.2) is 79.1 Å². The molecular formula is C24H20ClN3O. The van der Waals surface area contributed by atoms with E-state index >= 15 is 0 Å². The van der Waals surface area contributed by atoms with Gasteiger partial charge in [0.25, 0.3) is 0 Å². The average Bonchev–Trinajstić information content (AvgIpc) is 2.77. The molecule has 0 saturated heterocycles. The van der Waals surface area contributed by atoms with Crippen LogP contribution in [0.5, 0.6) is 0 Å². The van der Waals surface area contributed by atoms with E-state index in [2.05, 4.69) is 15.3 Å². The molecule has 0 fully saturated rings. The van der Waals surface area contributed by atoms with Gasteiger partial charge in [0.05, 0.1) is 16.5 Å². The number of nitrogens with zero attached hydrogens (tertiary/aromatic N) is 2. The molecule has 1 N–H and O–H groups in total. The third-order valence-electron chi connectivity index (χ3n) is 5.01. The molecular weight excluding hydrogens is 382 g/mol. The van der Waals surface area contributed by atoms with Crippen LogP contribution < -0.4 is 5.32 Å². The maximum Gasteiger partial charge on any atom is 0.232 e. The van der Waals surface area contributed by atoms with Crippen molar-refractivity contribution >= 4 is 34.1 Å². The number of hydrogen-bond acceptors (Lipinski definition) is 3. The van der Waals surface area contributed by atoms with Crippen LogP contribution in [0.3, 0.4) is 0 Å². The summed E-state index contributed by atoms with van der Waals surface area (Å²) in [5, 5.41) is 4.51. The minimum absolute atomic E-state index is 0.101. The van der Waals surface area contributed by atoms with Gasteiger partial charge in [-0.3, -0.25) is 14.8 Å². The van der Waals surface area contributed by atoms with Crippen molar-refractivity contribution in [1.29, 1.82) is 0 Å². The summed E-state index contributed by atoms with van der Waals surface area (Å²) in [6.07, 6.45) is 3.98. The maximum atomic E-state index is 13.3. The summed E-state index contributed by atoms with van der Waals surface area (Å²) < 4.78 is 0. The van der Waals surface area contributed by atoms with E-state index in [1.54, 1.807) is 18.5 Å². The van der Waals surface area contributed by atoms with Crippen LogP contribution >= 0.6 is 11.6 Å². The molecule has 0 bridgehead atoms. The summed E-state index contributed by atoms with van der Waals surface area (Å²) in [7, 11) is 0. The first kappa shape index (κ1) is 19.1.